The number of nitro groups is 1. The molecule has 2 bridgehead atoms. The number of benzene rings is 3. The Kier molecular flexibility index (Phi) is 6.40. The minimum atomic E-state index is -0.778. The molecule has 1 saturated heterocycles. The molecule has 2 heterocycles. The van der Waals surface area contributed by atoms with Gasteiger partial charge in [-0.2, -0.15) is 0 Å². The van der Waals surface area contributed by atoms with Crippen LogP contribution >= 0.6 is 11.6 Å². The Hall–Kier alpha value is -5.22. The van der Waals surface area contributed by atoms with E-state index in [1.807, 2.05) is 0 Å². The number of halogens is 1. The van der Waals surface area contributed by atoms with Gasteiger partial charge in [-0.3, -0.25) is 29.4 Å². The van der Waals surface area contributed by atoms with Crippen molar-refractivity contribution in [2.75, 3.05) is 11.5 Å². The predicted octanol–water partition coefficient (Wildman–Crippen LogP) is 6.06. The number of ether oxygens (including phenoxy) is 1. The first kappa shape index (κ1) is 28.3. The summed E-state index contributed by atoms with van der Waals surface area (Å²) in [5, 5.41) is 11.7. The van der Waals surface area contributed by atoms with Crippen LogP contribution in [-0.4, -0.2) is 40.1 Å². The number of esters is 1. The highest BCUT2D eigenvalue weighted by molar-refractivity contribution is 6.31. The topological polar surface area (TPSA) is 137 Å². The van der Waals surface area contributed by atoms with Crippen molar-refractivity contribution in [1.82, 2.24) is 4.98 Å². The Bertz CT molecular complexity index is 2010. The zero-order valence-electron chi connectivity index (χ0n) is 24.0. The van der Waals surface area contributed by atoms with Gasteiger partial charge in [-0.05, 0) is 78.6 Å². The number of non-ortho nitro benzene ring substituents is 1. The molecule has 3 aromatic carbocycles. The van der Waals surface area contributed by atoms with Gasteiger partial charge in [0.15, 0.2) is 12.4 Å². The van der Waals surface area contributed by atoms with E-state index in [-0.39, 0.29) is 52.3 Å². The number of imide groups is 1. The van der Waals surface area contributed by atoms with E-state index in [9.17, 15) is 29.3 Å². The highest BCUT2D eigenvalue weighted by atomic mass is 35.5. The monoisotopic (exact) mass is 633 g/mol. The Morgan fingerprint density at radius 2 is 1.57 bits per heavy atom. The van der Waals surface area contributed by atoms with Crippen molar-refractivity contribution in [2.24, 2.45) is 35.5 Å². The molecule has 6 atom stereocenters. The van der Waals surface area contributed by atoms with Crippen LogP contribution in [0.2, 0.25) is 5.02 Å². The summed E-state index contributed by atoms with van der Waals surface area (Å²) in [5.41, 5.74) is 2.18. The second-order valence-electron chi connectivity index (χ2n) is 12.2. The van der Waals surface area contributed by atoms with Crippen LogP contribution in [0.1, 0.15) is 27.1 Å². The summed E-state index contributed by atoms with van der Waals surface area (Å²) in [7, 11) is 0. The number of rotatable bonds is 7. The van der Waals surface area contributed by atoms with E-state index >= 15 is 0 Å². The zero-order chi connectivity index (χ0) is 31.9. The van der Waals surface area contributed by atoms with Gasteiger partial charge in [-0.1, -0.05) is 35.9 Å². The zero-order valence-corrected chi connectivity index (χ0v) is 24.8. The predicted molar refractivity (Wildman–Crippen MR) is 167 cm³/mol. The lowest BCUT2D eigenvalue weighted by atomic mass is 9.63. The maximum Gasteiger partial charge on any atom is 0.339 e. The summed E-state index contributed by atoms with van der Waals surface area (Å²) in [4.78, 5) is 69.4. The van der Waals surface area contributed by atoms with E-state index in [1.54, 1.807) is 48.5 Å². The average Bonchev–Trinajstić information content (AvgIpc) is 3.85. The number of hydrogen-bond acceptors (Lipinski definition) is 8. The summed E-state index contributed by atoms with van der Waals surface area (Å²) >= 11 is 6.23. The van der Waals surface area contributed by atoms with Crippen LogP contribution in [0.25, 0.3) is 22.2 Å². The van der Waals surface area contributed by atoms with Crippen molar-refractivity contribution >= 4 is 57.4 Å². The summed E-state index contributed by atoms with van der Waals surface area (Å²) in [6.45, 7) is -0.580. The van der Waals surface area contributed by atoms with Crippen molar-refractivity contribution in [2.45, 2.75) is 6.42 Å². The average molecular weight is 634 g/mol. The smallest absolute Gasteiger partial charge is 0.339 e. The normalized spacial score (nSPS) is 25.4. The minimum Gasteiger partial charge on any atom is -0.454 e. The molecule has 0 radical (unpaired) electrons. The number of anilines is 1. The number of carbonyl (C=O) groups is 4. The third kappa shape index (κ3) is 4.43. The number of hydrogen-bond donors (Lipinski definition) is 0. The molecule has 2 saturated carbocycles. The molecular formula is C35H24ClN3O7. The van der Waals surface area contributed by atoms with Crippen LogP contribution in [0, 0.1) is 45.6 Å². The van der Waals surface area contributed by atoms with Crippen molar-refractivity contribution in [3.8, 4) is 11.3 Å². The second kappa shape index (κ2) is 10.4. The van der Waals surface area contributed by atoms with Crippen LogP contribution in [0.5, 0.6) is 0 Å². The first-order chi connectivity index (χ1) is 22.2. The first-order valence-electron chi connectivity index (χ1n) is 14.9. The Morgan fingerprint density at radius 1 is 0.913 bits per heavy atom. The number of fused-ring (bicyclic) bond motifs is 1. The minimum absolute atomic E-state index is 0.138. The Balaban J connectivity index is 1.05. The molecule has 9 rings (SSSR count). The molecular weight excluding hydrogens is 610 g/mol. The molecule has 0 spiro atoms. The lowest BCUT2D eigenvalue weighted by Gasteiger charge is -2.37. The molecule has 0 N–H and O–H groups in total. The fourth-order valence-electron chi connectivity index (χ4n) is 7.57. The fraction of sp³-hybridized carbons (Fsp3) is 0.229. The first-order valence-corrected chi connectivity index (χ1v) is 15.3. The molecule has 228 valence electrons. The van der Waals surface area contributed by atoms with Crippen molar-refractivity contribution in [1.29, 1.82) is 0 Å². The number of Topliss-reactive ketones (excluding diaryl/α,β-unsaturated/α-hetero) is 1. The number of allylic oxidation sites excluding steroid dienone is 2. The maximum absolute atomic E-state index is 13.5. The number of pyridine rings is 1. The van der Waals surface area contributed by atoms with Crippen LogP contribution in [0.15, 0.2) is 84.9 Å². The lowest BCUT2D eigenvalue weighted by Crippen LogP contribution is -2.40. The number of nitrogens with zero attached hydrogens (tertiary/aromatic N) is 3. The molecule has 1 aliphatic heterocycles. The Labute approximate surface area is 266 Å². The third-order valence-electron chi connectivity index (χ3n) is 9.81. The van der Waals surface area contributed by atoms with Crippen LogP contribution < -0.4 is 4.90 Å². The standard InChI is InChI=1S/C35H24ClN3O7/c36-19-5-12-28-26(13-19)27(35(43)46-16-30(40)18-3-8-21(9-4-18)39(44)45)15-29(37-28)17-1-6-20(7-2-17)38-33(41)31-22-10-11-23(25-14-24(22)25)32(31)34(38)42/h1-13,15,22-25,31-32H,14,16H2. The quantitative estimate of drug-likeness (QED) is 0.0598. The third-order valence-corrected chi connectivity index (χ3v) is 10.0. The van der Waals surface area contributed by atoms with E-state index in [0.29, 0.717) is 44.7 Å². The highest BCUT2D eigenvalue weighted by Gasteiger charge is 2.67. The highest BCUT2D eigenvalue weighted by Crippen LogP contribution is 2.65. The fourth-order valence-corrected chi connectivity index (χ4v) is 7.74. The summed E-state index contributed by atoms with van der Waals surface area (Å²) < 4.78 is 5.37. The Morgan fingerprint density at radius 3 is 2.20 bits per heavy atom. The molecule has 6 unspecified atom stereocenters. The van der Waals surface area contributed by atoms with Gasteiger partial charge in [0.05, 0.1) is 39.2 Å². The number of amides is 2. The van der Waals surface area contributed by atoms with E-state index in [1.165, 1.54) is 29.2 Å². The molecule has 2 amide bonds. The number of aromatic nitrogens is 1. The molecule has 5 aliphatic rings. The van der Waals surface area contributed by atoms with Crippen LogP contribution in [-0.2, 0) is 14.3 Å². The van der Waals surface area contributed by atoms with Crippen molar-refractivity contribution in [3.05, 3.63) is 111 Å². The molecule has 3 fully saturated rings. The summed E-state index contributed by atoms with van der Waals surface area (Å²) in [6, 6.07) is 18.4. The second-order valence-corrected chi connectivity index (χ2v) is 12.7. The van der Waals surface area contributed by atoms with Gasteiger partial charge in [0, 0.05) is 33.7 Å². The van der Waals surface area contributed by atoms with E-state index < -0.39 is 23.3 Å². The van der Waals surface area contributed by atoms with Gasteiger partial charge in [-0.15, -0.1) is 0 Å². The molecule has 46 heavy (non-hydrogen) atoms. The number of ketones is 1. The molecule has 1 aromatic heterocycles. The SMILES string of the molecule is O=C(COC(=O)c1cc(-c2ccc(N3C(=O)C4C5C=CC(C6CC56)C4C3=O)cc2)nc2ccc(Cl)cc12)c1ccc([N+](=O)[O-])cc1. The largest absolute Gasteiger partial charge is 0.454 e. The molecule has 11 heteroatoms. The summed E-state index contributed by atoms with van der Waals surface area (Å²) in [6.07, 6.45) is 5.39. The summed E-state index contributed by atoms with van der Waals surface area (Å²) in [5.74, 6) is -0.847. The lowest BCUT2D eigenvalue weighted by molar-refractivity contribution is -0.384. The molecule has 4 aliphatic carbocycles. The van der Waals surface area contributed by atoms with Gasteiger partial charge >= 0.3 is 5.97 Å². The van der Waals surface area contributed by atoms with E-state index in [4.69, 9.17) is 21.3 Å². The van der Waals surface area contributed by atoms with Gasteiger partial charge in [0.1, 0.15) is 0 Å². The van der Waals surface area contributed by atoms with Crippen LogP contribution in [0.4, 0.5) is 11.4 Å². The van der Waals surface area contributed by atoms with E-state index in [0.717, 1.165) is 6.42 Å². The molecule has 10 nitrogen and oxygen atoms in total. The number of nitro benzene ring substituents is 1. The van der Waals surface area contributed by atoms with E-state index in [2.05, 4.69) is 12.2 Å². The van der Waals surface area contributed by atoms with Crippen molar-refractivity contribution < 1.29 is 28.8 Å². The maximum atomic E-state index is 13.5. The van der Waals surface area contributed by atoms with Gasteiger partial charge < -0.3 is 4.74 Å². The van der Waals surface area contributed by atoms with Gasteiger partial charge in [-0.25, -0.2) is 9.78 Å². The van der Waals surface area contributed by atoms with Crippen molar-refractivity contribution in [3.63, 3.8) is 0 Å². The number of carbonyl (C=O) groups excluding carboxylic acids is 4. The van der Waals surface area contributed by atoms with Gasteiger partial charge in [0.25, 0.3) is 5.69 Å². The van der Waals surface area contributed by atoms with Gasteiger partial charge in [0.2, 0.25) is 11.8 Å². The van der Waals surface area contributed by atoms with Crippen LogP contribution in [0.3, 0.4) is 0 Å². The molecule has 4 aromatic rings.